The molecule has 0 saturated carbocycles. The van der Waals surface area contributed by atoms with Gasteiger partial charge in [-0.05, 0) is 45.7 Å². The van der Waals surface area contributed by atoms with Crippen LogP contribution in [0.2, 0.25) is 0 Å². The van der Waals surface area contributed by atoms with Crippen molar-refractivity contribution in [3.63, 3.8) is 0 Å². The van der Waals surface area contributed by atoms with Crippen LogP contribution in [0.4, 0.5) is 0 Å². The highest BCUT2D eigenvalue weighted by Gasteiger charge is 2.52. The number of pyridine rings is 1. The minimum Gasteiger partial charge on any atom is -0.398 e. The van der Waals surface area contributed by atoms with E-state index < -0.39 is 7.12 Å². The Hall–Kier alpha value is -1.38. The zero-order chi connectivity index (χ0) is 14.3. The lowest BCUT2D eigenvalue weighted by Crippen LogP contribution is -2.41. The Morgan fingerprint density at radius 2 is 1.84 bits per heavy atom. The van der Waals surface area contributed by atoms with E-state index in [9.17, 15) is 0 Å². The zero-order valence-corrected chi connectivity index (χ0v) is 12.2. The molecule has 1 saturated heterocycles. The van der Waals surface area contributed by atoms with E-state index in [2.05, 4.69) is 11.1 Å². The summed E-state index contributed by atoms with van der Waals surface area (Å²) in [5, 5.41) is 9.02. The first-order valence-corrected chi connectivity index (χ1v) is 6.55. The van der Waals surface area contributed by atoms with Gasteiger partial charge in [0.05, 0.1) is 22.4 Å². The normalized spacial score (nSPS) is 20.3. The van der Waals surface area contributed by atoms with Gasteiger partial charge in [-0.25, -0.2) is 0 Å². The topological polar surface area (TPSA) is 55.1 Å². The number of hydrogen-bond donors (Lipinski definition) is 0. The molecular formula is C14H19BN2O2. The predicted molar refractivity (Wildman–Crippen MR) is 74.0 cm³/mol. The summed E-state index contributed by atoms with van der Waals surface area (Å²) < 4.78 is 11.9. The fourth-order valence-electron chi connectivity index (χ4n) is 2.00. The van der Waals surface area contributed by atoms with Gasteiger partial charge >= 0.3 is 7.12 Å². The van der Waals surface area contributed by atoms with Crippen molar-refractivity contribution in [3.05, 3.63) is 23.4 Å². The average molecular weight is 258 g/mol. The van der Waals surface area contributed by atoms with Crippen molar-refractivity contribution < 1.29 is 9.31 Å². The van der Waals surface area contributed by atoms with Crippen LogP contribution >= 0.6 is 0 Å². The van der Waals surface area contributed by atoms with Crippen LogP contribution in [0.25, 0.3) is 0 Å². The highest BCUT2D eigenvalue weighted by atomic mass is 16.7. The molecule has 1 aliphatic rings. The second-order valence-corrected chi connectivity index (χ2v) is 5.82. The van der Waals surface area contributed by atoms with Gasteiger partial charge in [-0.3, -0.25) is 4.98 Å². The van der Waals surface area contributed by atoms with Crippen molar-refractivity contribution >= 4 is 12.7 Å². The maximum atomic E-state index is 9.02. The standard InChI is InChI=1S/C14H19BN2O2/c1-6-10-7-12(17-9-11(10)8-16)15-18-13(2,3)14(4,5)19-15/h7,9H,6H2,1-5H3. The summed E-state index contributed by atoms with van der Waals surface area (Å²) in [6, 6.07) is 4.06. The molecule has 0 spiro atoms. The van der Waals surface area contributed by atoms with Crippen molar-refractivity contribution in [2.75, 3.05) is 0 Å². The van der Waals surface area contributed by atoms with Crippen LogP contribution in [-0.2, 0) is 15.7 Å². The van der Waals surface area contributed by atoms with Crippen LogP contribution in [0.5, 0.6) is 0 Å². The lowest BCUT2D eigenvalue weighted by Gasteiger charge is -2.32. The first kappa shape index (κ1) is 14.0. The van der Waals surface area contributed by atoms with Gasteiger partial charge in [-0.15, -0.1) is 0 Å². The molecule has 2 heterocycles. The highest BCUT2D eigenvalue weighted by Crippen LogP contribution is 2.36. The van der Waals surface area contributed by atoms with Crippen molar-refractivity contribution in [2.45, 2.75) is 52.2 Å². The molecule has 1 fully saturated rings. The second kappa shape index (κ2) is 4.62. The van der Waals surface area contributed by atoms with Gasteiger partial charge in [-0.2, -0.15) is 5.26 Å². The van der Waals surface area contributed by atoms with E-state index in [-0.39, 0.29) is 11.2 Å². The van der Waals surface area contributed by atoms with Gasteiger partial charge in [0.2, 0.25) is 0 Å². The third-order valence-electron chi connectivity index (χ3n) is 4.01. The number of aryl methyl sites for hydroxylation is 1. The van der Waals surface area contributed by atoms with Gasteiger partial charge in [0, 0.05) is 6.20 Å². The molecule has 0 N–H and O–H groups in total. The molecule has 1 aromatic rings. The summed E-state index contributed by atoms with van der Waals surface area (Å²) in [4.78, 5) is 4.30. The Morgan fingerprint density at radius 1 is 1.26 bits per heavy atom. The first-order chi connectivity index (χ1) is 8.80. The lowest BCUT2D eigenvalue weighted by atomic mass is 9.82. The van der Waals surface area contributed by atoms with Gasteiger partial charge in [0.15, 0.2) is 0 Å². The largest absolute Gasteiger partial charge is 0.514 e. The van der Waals surface area contributed by atoms with Crippen LogP contribution in [-0.4, -0.2) is 23.3 Å². The average Bonchev–Trinajstić information content (AvgIpc) is 2.57. The number of rotatable bonds is 2. The summed E-state index contributed by atoms with van der Waals surface area (Å²) in [6.07, 6.45) is 2.39. The minimum atomic E-state index is -0.469. The van der Waals surface area contributed by atoms with Crippen LogP contribution in [0.3, 0.4) is 0 Å². The van der Waals surface area contributed by atoms with E-state index in [0.29, 0.717) is 5.56 Å². The smallest absolute Gasteiger partial charge is 0.398 e. The molecule has 0 radical (unpaired) electrons. The van der Waals surface area contributed by atoms with E-state index in [1.54, 1.807) is 6.20 Å². The van der Waals surface area contributed by atoms with E-state index in [1.165, 1.54) is 0 Å². The fraction of sp³-hybridized carbons (Fsp3) is 0.571. The Labute approximate surface area is 114 Å². The molecule has 5 heteroatoms. The van der Waals surface area contributed by atoms with Crippen LogP contribution < -0.4 is 5.59 Å². The summed E-state index contributed by atoms with van der Waals surface area (Å²) >= 11 is 0. The molecule has 0 atom stereocenters. The quantitative estimate of drug-likeness (QED) is 0.759. The summed E-state index contributed by atoms with van der Waals surface area (Å²) in [7, 11) is -0.469. The number of nitrogens with zero attached hydrogens (tertiary/aromatic N) is 2. The van der Waals surface area contributed by atoms with E-state index in [1.807, 2.05) is 40.7 Å². The van der Waals surface area contributed by atoms with Crippen LogP contribution in [0, 0.1) is 11.3 Å². The molecular weight excluding hydrogens is 239 g/mol. The molecule has 2 rings (SSSR count). The van der Waals surface area contributed by atoms with Crippen molar-refractivity contribution in [1.29, 1.82) is 5.26 Å². The van der Waals surface area contributed by atoms with Gasteiger partial charge < -0.3 is 9.31 Å². The zero-order valence-electron chi connectivity index (χ0n) is 12.2. The second-order valence-electron chi connectivity index (χ2n) is 5.82. The third kappa shape index (κ3) is 2.38. The summed E-state index contributed by atoms with van der Waals surface area (Å²) in [5.74, 6) is 0. The van der Waals surface area contributed by atoms with E-state index in [0.717, 1.165) is 17.6 Å². The summed E-state index contributed by atoms with van der Waals surface area (Å²) in [5.41, 5.74) is 1.57. The molecule has 0 aromatic carbocycles. The lowest BCUT2D eigenvalue weighted by molar-refractivity contribution is 0.00578. The Bertz CT molecular complexity index is 519. The highest BCUT2D eigenvalue weighted by molar-refractivity contribution is 6.61. The first-order valence-electron chi connectivity index (χ1n) is 6.55. The molecule has 1 aromatic heterocycles. The molecule has 19 heavy (non-hydrogen) atoms. The van der Waals surface area contributed by atoms with Gasteiger partial charge in [0.25, 0.3) is 0 Å². The fourth-order valence-corrected chi connectivity index (χ4v) is 2.00. The molecule has 1 aliphatic heterocycles. The monoisotopic (exact) mass is 258 g/mol. The predicted octanol–water partition coefficient (Wildman–Crippen LogP) is 1.81. The van der Waals surface area contributed by atoms with Crippen LogP contribution in [0.1, 0.15) is 45.7 Å². The Morgan fingerprint density at radius 3 is 2.32 bits per heavy atom. The maximum absolute atomic E-state index is 9.02. The van der Waals surface area contributed by atoms with Crippen molar-refractivity contribution in [3.8, 4) is 6.07 Å². The summed E-state index contributed by atoms with van der Waals surface area (Å²) in [6.45, 7) is 10.1. The van der Waals surface area contributed by atoms with Gasteiger partial charge in [-0.1, -0.05) is 6.92 Å². The van der Waals surface area contributed by atoms with Crippen molar-refractivity contribution in [2.24, 2.45) is 0 Å². The maximum Gasteiger partial charge on any atom is 0.514 e. The molecule has 0 amide bonds. The molecule has 0 unspecified atom stereocenters. The molecule has 100 valence electrons. The van der Waals surface area contributed by atoms with Gasteiger partial charge in [0.1, 0.15) is 6.07 Å². The number of hydrogen-bond acceptors (Lipinski definition) is 4. The van der Waals surface area contributed by atoms with Crippen molar-refractivity contribution in [1.82, 2.24) is 4.98 Å². The minimum absolute atomic E-state index is 0.375. The van der Waals surface area contributed by atoms with E-state index in [4.69, 9.17) is 14.6 Å². The Balaban J connectivity index is 2.33. The molecule has 4 nitrogen and oxygen atoms in total. The molecule has 0 aliphatic carbocycles. The number of aromatic nitrogens is 1. The third-order valence-corrected chi connectivity index (χ3v) is 4.01. The SMILES string of the molecule is CCc1cc(B2OC(C)(C)C(C)(C)O2)ncc1C#N. The molecule has 0 bridgehead atoms. The number of nitriles is 1. The van der Waals surface area contributed by atoms with E-state index >= 15 is 0 Å². The van der Waals surface area contributed by atoms with Crippen LogP contribution in [0.15, 0.2) is 12.3 Å². The Kier molecular flexibility index (Phi) is 3.42.